The third-order valence-corrected chi connectivity index (χ3v) is 7.02. The zero-order chi connectivity index (χ0) is 24.7. The van der Waals surface area contributed by atoms with Crippen LogP contribution in [0, 0.1) is 0 Å². The molecule has 1 atom stereocenters. The fourth-order valence-corrected chi connectivity index (χ4v) is 5.14. The molecule has 3 rings (SSSR count). The van der Waals surface area contributed by atoms with Gasteiger partial charge in [0.25, 0.3) is 11.8 Å². The average Bonchev–Trinajstić information content (AvgIpc) is 3.44. The summed E-state index contributed by atoms with van der Waals surface area (Å²) in [6.45, 7) is 6.38. The predicted molar refractivity (Wildman–Crippen MR) is 135 cm³/mol. The molecule has 11 heteroatoms. The van der Waals surface area contributed by atoms with Crippen molar-refractivity contribution >= 4 is 35.2 Å². The maximum atomic E-state index is 12.8. The van der Waals surface area contributed by atoms with E-state index >= 15 is 0 Å². The van der Waals surface area contributed by atoms with Gasteiger partial charge in [0.1, 0.15) is 16.0 Å². The summed E-state index contributed by atoms with van der Waals surface area (Å²) < 4.78 is 0. The molecule has 0 bridgehead atoms. The van der Waals surface area contributed by atoms with Gasteiger partial charge in [-0.2, -0.15) is 0 Å². The van der Waals surface area contributed by atoms with Gasteiger partial charge in [-0.25, -0.2) is 5.01 Å². The highest BCUT2D eigenvalue weighted by Gasteiger charge is 2.38. The van der Waals surface area contributed by atoms with E-state index in [-0.39, 0.29) is 17.5 Å². The number of carbonyl (C=O) groups is 3. The summed E-state index contributed by atoms with van der Waals surface area (Å²) in [5.74, 6) is -0.627. The van der Waals surface area contributed by atoms with E-state index in [0.717, 1.165) is 25.3 Å². The van der Waals surface area contributed by atoms with Crippen LogP contribution in [-0.4, -0.2) is 91.1 Å². The van der Waals surface area contributed by atoms with E-state index in [1.54, 1.807) is 26.2 Å². The van der Waals surface area contributed by atoms with Gasteiger partial charge in [0.2, 0.25) is 5.91 Å². The highest BCUT2D eigenvalue weighted by molar-refractivity contribution is 8.04. The Balaban J connectivity index is 1.52. The first-order valence-electron chi connectivity index (χ1n) is 11.6. The van der Waals surface area contributed by atoms with E-state index in [1.165, 1.54) is 34.5 Å². The van der Waals surface area contributed by atoms with Crippen LogP contribution < -0.4 is 21.8 Å². The second-order valence-electron chi connectivity index (χ2n) is 8.51. The lowest BCUT2D eigenvalue weighted by molar-refractivity contribution is -0.127. The maximum absolute atomic E-state index is 12.8. The summed E-state index contributed by atoms with van der Waals surface area (Å²) in [5, 5.41) is 7.79. The summed E-state index contributed by atoms with van der Waals surface area (Å²) in [6, 6.07) is 7.19. The van der Waals surface area contributed by atoms with Gasteiger partial charge in [0, 0.05) is 51.5 Å². The van der Waals surface area contributed by atoms with Crippen molar-refractivity contribution in [2.75, 3.05) is 58.7 Å². The minimum absolute atomic E-state index is 0.0245. The van der Waals surface area contributed by atoms with Gasteiger partial charge in [0.15, 0.2) is 0 Å². The van der Waals surface area contributed by atoms with E-state index in [2.05, 4.69) is 21.0 Å². The quantitative estimate of drug-likeness (QED) is 0.279. The largest absolute Gasteiger partial charge is 0.392 e. The van der Waals surface area contributed by atoms with Crippen LogP contribution in [0.1, 0.15) is 30.1 Å². The number of carbonyl (C=O) groups excluding carboxylic acids is 3. The Morgan fingerprint density at radius 3 is 2.47 bits per heavy atom. The highest BCUT2D eigenvalue weighted by Crippen LogP contribution is 2.36. The summed E-state index contributed by atoms with van der Waals surface area (Å²) in [5.41, 5.74) is 10.1. The van der Waals surface area contributed by atoms with Crippen molar-refractivity contribution in [3.8, 4) is 0 Å². The van der Waals surface area contributed by atoms with Gasteiger partial charge < -0.3 is 26.2 Å². The molecule has 0 spiro atoms. The molecule has 0 aromatic heterocycles. The smallest absolute Gasteiger partial charge is 0.284 e. The van der Waals surface area contributed by atoms with E-state index in [9.17, 15) is 14.4 Å². The lowest BCUT2D eigenvalue weighted by atomic mass is 10.2. The number of anilines is 1. The number of rotatable bonds is 10. The Morgan fingerprint density at radius 2 is 1.85 bits per heavy atom. The van der Waals surface area contributed by atoms with Gasteiger partial charge in [-0.1, -0.05) is 11.8 Å². The Morgan fingerprint density at radius 1 is 1.18 bits per heavy atom. The molecule has 34 heavy (non-hydrogen) atoms. The topological polar surface area (TPSA) is 123 Å². The van der Waals surface area contributed by atoms with Gasteiger partial charge in [-0.3, -0.25) is 19.8 Å². The normalized spacial score (nSPS) is 20.1. The fourth-order valence-electron chi connectivity index (χ4n) is 3.91. The molecule has 0 saturated carbocycles. The first-order chi connectivity index (χ1) is 16.3. The monoisotopic (exact) mass is 489 g/mol. The van der Waals surface area contributed by atoms with Gasteiger partial charge in [-0.15, -0.1) is 0 Å². The minimum Gasteiger partial charge on any atom is -0.392 e. The Hall–Kier alpha value is -2.76. The van der Waals surface area contributed by atoms with Crippen LogP contribution in [-0.2, 0) is 9.59 Å². The lowest BCUT2D eigenvalue weighted by Gasteiger charge is -2.18. The molecule has 1 aromatic carbocycles. The van der Waals surface area contributed by atoms with Crippen LogP contribution in [0.15, 0.2) is 35.0 Å². The van der Waals surface area contributed by atoms with Crippen molar-refractivity contribution in [1.82, 2.24) is 25.6 Å². The molecule has 2 heterocycles. The number of hydrazine groups is 1. The summed E-state index contributed by atoms with van der Waals surface area (Å²) in [4.78, 5) is 41.4. The van der Waals surface area contributed by atoms with Crippen LogP contribution in [0.25, 0.3) is 0 Å². The summed E-state index contributed by atoms with van der Waals surface area (Å²) >= 11 is 1.28. The van der Waals surface area contributed by atoms with E-state index in [0.29, 0.717) is 30.2 Å². The first-order valence-corrected chi connectivity index (χ1v) is 12.5. The third kappa shape index (κ3) is 6.64. The second-order valence-corrected chi connectivity index (χ2v) is 9.70. The Labute approximate surface area is 205 Å². The molecule has 2 fully saturated rings. The standard InChI is InChI=1S/C23H35N7O3S/c1-4-30-22(33)18(34-23(30)19(24)21(32)27-28(2)3)15-26-17-9-7-16(8-10-17)20(31)25-11-14-29-12-5-6-13-29/h7-10,18,26H,4-6,11-15,24H2,1-3H3,(H,25,31)(H,27,32)/b23-19+/t18-/m1/s1. The van der Waals surface area contributed by atoms with Crippen LogP contribution in [0.3, 0.4) is 0 Å². The van der Waals surface area contributed by atoms with E-state index in [4.69, 9.17) is 5.73 Å². The number of nitrogens with zero attached hydrogens (tertiary/aromatic N) is 3. The molecular weight excluding hydrogens is 454 g/mol. The number of thioether (sulfide) groups is 1. The first kappa shape index (κ1) is 25.9. The molecule has 2 aliphatic heterocycles. The lowest BCUT2D eigenvalue weighted by Crippen LogP contribution is -2.40. The maximum Gasteiger partial charge on any atom is 0.284 e. The number of nitrogens with one attached hydrogen (secondary N) is 3. The summed E-state index contributed by atoms with van der Waals surface area (Å²) in [7, 11) is 3.38. The molecule has 10 nitrogen and oxygen atoms in total. The molecule has 2 saturated heterocycles. The number of benzene rings is 1. The molecule has 0 radical (unpaired) electrons. The molecule has 0 aliphatic carbocycles. The Kier molecular flexibility index (Phi) is 9.20. The van der Waals surface area contributed by atoms with Crippen molar-refractivity contribution in [2.45, 2.75) is 25.0 Å². The average molecular weight is 490 g/mol. The van der Waals surface area contributed by atoms with Crippen LogP contribution in [0.5, 0.6) is 0 Å². The zero-order valence-electron chi connectivity index (χ0n) is 20.1. The van der Waals surface area contributed by atoms with Crippen LogP contribution in [0.2, 0.25) is 0 Å². The highest BCUT2D eigenvalue weighted by atomic mass is 32.2. The summed E-state index contributed by atoms with van der Waals surface area (Å²) in [6.07, 6.45) is 2.47. The van der Waals surface area contributed by atoms with Gasteiger partial charge in [0.05, 0.1) is 0 Å². The second kappa shape index (κ2) is 12.1. The molecular formula is C23H35N7O3S. The van der Waals surface area contributed by atoms with Crippen molar-refractivity contribution in [1.29, 1.82) is 0 Å². The van der Waals surface area contributed by atoms with Crippen molar-refractivity contribution in [2.24, 2.45) is 5.73 Å². The van der Waals surface area contributed by atoms with Crippen molar-refractivity contribution < 1.29 is 14.4 Å². The molecule has 0 unspecified atom stereocenters. The van der Waals surface area contributed by atoms with Gasteiger partial charge >= 0.3 is 0 Å². The van der Waals surface area contributed by atoms with Crippen LogP contribution in [0.4, 0.5) is 5.69 Å². The molecule has 186 valence electrons. The molecule has 3 amide bonds. The van der Waals surface area contributed by atoms with Crippen molar-refractivity contribution in [3.63, 3.8) is 0 Å². The predicted octanol–water partition coefficient (Wildman–Crippen LogP) is 0.609. The Bertz CT molecular complexity index is 914. The number of hydrogen-bond acceptors (Lipinski definition) is 8. The van der Waals surface area contributed by atoms with E-state index in [1.807, 2.05) is 19.1 Å². The molecule has 5 N–H and O–H groups in total. The zero-order valence-corrected chi connectivity index (χ0v) is 20.9. The van der Waals surface area contributed by atoms with Crippen LogP contribution >= 0.6 is 11.8 Å². The number of hydrogen-bond donors (Lipinski definition) is 4. The fraction of sp³-hybridized carbons (Fsp3) is 0.522. The van der Waals surface area contributed by atoms with Gasteiger partial charge in [-0.05, 0) is 57.1 Å². The molecule has 2 aliphatic rings. The number of likely N-dealkylation sites (tertiary alicyclic amines) is 1. The van der Waals surface area contributed by atoms with E-state index < -0.39 is 11.2 Å². The van der Waals surface area contributed by atoms with Crippen molar-refractivity contribution in [3.05, 3.63) is 40.6 Å². The number of nitrogens with two attached hydrogens (primary N) is 1. The molecule has 1 aromatic rings. The minimum atomic E-state index is -0.443. The third-order valence-electron chi connectivity index (χ3n) is 5.71. The SMILES string of the molecule is CCN1C(=O)[C@@H](CNc2ccc(C(=O)NCCN3CCCC3)cc2)S/C1=C(/N)C(=O)NN(C)C. The number of amides is 3.